The highest BCUT2D eigenvalue weighted by molar-refractivity contribution is 5.80. The van der Waals surface area contributed by atoms with E-state index in [1.165, 1.54) is 17.5 Å². The Bertz CT molecular complexity index is 565. The lowest BCUT2D eigenvalue weighted by atomic mass is 10.0. The molecule has 5 nitrogen and oxygen atoms in total. The molecule has 2 atom stereocenters. The molecule has 1 N–H and O–H groups in total. The van der Waals surface area contributed by atoms with Gasteiger partial charge in [-0.25, -0.2) is 9.67 Å². The van der Waals surface area contributed by atoms with Crippen LogP contribution in [0.3, 0.4) is 0 Å². The van der Waals surface area contributed by atoms with E-state index >= 15 is 0 Å². The second kappa shape index (κ2) is 6.32. The number of hydrogen-bond donors (Lipinski definition) is 1. The van der Waals surface area contributed by atoms with Gasteiger partial charge in [0.05, 0.1) is 0 Å². The van der Waals surface area contributed by atoms with Gasteiger partial charge in [0, 0.05) is 6.04 Å². The zero-order valence-corrected chi connectivity index (χ0v) is 12.1. The van der Waals surface area contributed by atoms with E-state index in [0.717, 1.165) is 6.42 Å². The third kappa shape index (κ3) is 3.44. The Morgan fingerprint density at radius 2 is 2.10 bits per heavy atom. The highest BCUT2D eigenvalue weighted by atomic mass is 16.2. The molecule has 0 bridgehead atoms. The number of aryl methyl sites for hydroxylation is 1. The molecule has 1 heterocycles. The molecule has 2 rings (SSSR count). The first-order valence-corrected chi connectivity index (χ1v) is 6.77. The van der Waals surface area contributed by atoms with Crippen molar-refractivity contribution in [1.29, 1.82) is 0 Å². The van der Waals surface area contributed by atoms with Crippen LogP contribution in [0.15, 0.2) is 36.9 Å². The van der Waals surface area contributed by atoms with Crippen molar-refractivity contribution >= 4 is 5.91 Å². The molecule has 0 aliphatic heterocycles. The quantitative estimate of drug-likeness (QED) is 0.904. The molecule has 106 valence electrons. The fourth-order valence-corrected chi connectivity index (χ4v) is 2.12. The van der Waals surface area contributed by atoms with E-state index in [9.17, 15) is 4.79 Å². The number of nitrogens with zero attached hydrogens (tertiary/aromatic N) is 3. The van der Waals surface area contributed by atoms with Gasteiger partial charge >= 0.3 is 0 Å². The zero-order chi connectivity index (χ0) is 14.5. The summed E-state index contributed by atoms with van der Waals surface area (Å²) < 4.78 is 1.55. The van der Waals surface area contributed by atoms with E-state index in [0.29, 0.717) is 0 Å². The Kier molecular flexibility index (Phi) is 4.50. The molecule has 0 saturated carbocycles. The second-order valence-electron chi connectivity index (χ2n) is 5.09. The first-order valence-electron chi connectivity index (χ1n) is 6.77. The SMILES string of the molecule is Cc1ccccc1C[C@@H](C)NC(=O)[C@H](C)n1cncn1. The van der Waals surface area contributed by atoms with Crippen molar-refractivity contribution in [1.82, 2.24) is 20.1 Å². The lowest BCUT2D eigenvalue weighted by Crippen LogP contribution is -2.38. The minimum atomic E-state index is -0.350. The number of amides is 1. The van der Waals surface area contributed by atoms with Crippen molar-refractivity contribution in [2.24, 2.45) is 0 Å². The van der Waals surface area contributed by atoms with Crippen LogP contribution in [-0.4, -0.2) is 26.7 Å². The van der Waals surface area contributed by atoms with Gasteiger partial charge in [-0.1, -0.05) is 24.3 Å². The summed E-state index contributed by atoms with van der Waals surface area (Å²) in [6, 6.07) is 7.95. The molecule has 0 fully saturated rings. The van der Waals surface area contributed by atoms with Crippen LogP contribution in [0, 0.1) is 6.92 Å². The number of benzene rings is 1. The lowest BCUT2D eigenvalue weighted by Gasteiger charge is -2.18. The van der Waals surface area contributed by atoms with Gasteiger partial charge in [-0.05, 0) is 38.3 Å². The van der Waals surface area contributed by atoms with Crippen molar-refractivity contribution < 1.29 is 4.79 Å². The molecule has 1 aromatic carbocycles. The average molecular weight is 272 g/mol. The molecule has 0 aliphatic rings. The van der Waals surface area contributed by atoms with Gasteiger partial charge in [0.1, 0.15) is 18.7 Å². The molecule has 0 aliphatic carbocycles. The normalized spacial score (nSPS) is 13.8. The molecule has 1 aromatic heterocycles. The number of carbonyl (C=O) groups is 1. The molecule has 1 amide bonds. The molecule has 0 unspecified atom stereocenters. The first-order chi connectivity index (χ1) is 9.58. The van der Waals surface area contributed by atoms with E-state index < -0.39 is 0 Å². The van der Waals surface area contributed by atoms with Crippen LogP contribution >= 0.6 is 0 Å². The maximum atomic E-state index is 12.1. The van der Waals surface area contributed by atoms with E-state index in [4.69, 9.17) is 0 Å². The summed E-state index contributed by atoms with van der Waals surface area (Å²) in [6.45, 7) is 5.91. The Morgan fingerprint density at radius 1 is 1.35 bits per heavy atom. The summed E-state index contributed by atoms with van der Waals surface area (Å²) in [4.78, 5) is 16.0. The van der Waals surface area contributed by atoms with Gasteiger partial charge < -0.3 is 5.32 Å². The summed E-state index contributed by atoms with van der Waals surface area (Å²) in [5.41, 5.74) is 2.51. The van der Waals surface area contributed by atoms with E-state index in [1.807, 2.05) is 26.0 Å². The molecule has 0 spiro atoms. The predicted octanol–water partition coefficient (Wildman–Crippen LogP) is 1.89. The fourth-order valence-electron chi connectivity index (χ4n) is 2.12. The Hall–Kier alpha value is -2.17. The standard InChI is InChI=1S/C15H20N4O/c1-11-6-4-5-7-14(11)8-12(2)18-15(20)13(3)19-10-16-9-17-19/h4-7,9-10,12-13H,8H2,1-3H3,(H,18,20)/t12-,13+/m1/s1. The van der Waals surface area contributed by atoms with Crippen LogP contribution in [0.25, 0.3) is 0 Å². The molecule has 5 heteroatoms. The number of aromatic nitrogens is 3. The van der Waals surface area contributed by atoms with Gasteiger partial charge in [-0.15, -0.1) is 0 Å². The maximum absolute atomic E-state index is 12.1. The molecular formula is C15H20N4O. The Morgan fingerprint density at radius 3 is 2.75 bits per heavy atom. The molecular weight excluding hydrogens is 252 g/mol. The molecule has 20 heavy (non-hydrogen) atoms. The maximum Gasteiger partial charge on any atom is 0.244 e. The molecule has 0 saturated heterocycles. The Balaban J connectivity index is 1.93. The van der Waals surface area contributed by atoms with Gasteiger partial charge in [0.2, 0.25) is 5.91 Å². The largest absolute Gasteiger partial charge is 0.351 e. The fraction of sp³-hybridized carbons (Fsp3) is 0.400. The predicted molar refractivity (Wildman–Crippen MR) is 77.2 cm³/mol. The number of carbonyl (C=O) groups excluding carboxylic acids is 1. The van der Waals surface area contributed by atoms with Crippen LogP contribution in [-0.2, 0) is 11.2 Å². The lowest BCUT2D eigenvalue weighted by molar-refractivity contribution is -0.124. The third-order valence-electron chi connectivity index (χ3n) is 3.39. The zero-order valence-electron chi connectivity index (χ0n) is 12.1. The van der Waals surface area contributed by atoms with Gasteiger partial charge in [-0.2, -0.15) is 5.10 Å². The summed E-state index contributed by atoms with van der Waals surface area (Å²) in [7, 11) is 0. The minimum absolute atomic E-state index is 0.0448. The van der Waals surface area contributed by atoms with Crippen molar-refractivity contribution in [2.45, 2.75) is 39.3 Å². The van der Waals surface area contributed by atoms with E-state index in [1.54, 1.807) is 11.0 Å². The second-order valence-corrected chi connectivity index (χ2v) is 5.09. The van der Waals surface area contributed by atoms with Crippen LogP contribution in [0.5, 0.6) is 0 Å². The number of nitrogens with one attached hydrogen (secondary N) is 1. The van der Waals surface area contributed by atoms with Crippen LogP contribution in [0.2, 0.25) is 0 Å². The van der Waals surface area contributed by atoms with E-state index in [-0.39, 0.29) is 18.0 Å². The van der Waals surface area contributed by atoms with Crippen LogP contribution in [0.1, 0.15) is 31.0 Å². The summed E-state index contributed by atoms with van der Waals surface area (Å²) in [5.74, 6) is -0.0448. The minimum Gasteiger partial charge on any atom is -0.351 e. The topological polar surface area (TPSA) is 59.8 Å². The van der Waals surface area contributed by atoms with Crippen molar-refractivity contribution in [3.05, 3.63) is 48.0 Å². The van der Waals surface area contributed by atoms with Gasteiger partial charge in [0.15, 0.2) is 0 Å². The molecule has 0 radical (unpaired) electrons. The van der Waals surface area contributed by atoms with Crippen molar-refractivity contribution in [3.63, 3.8) is 0 Å². The molecule has 2 aromatic rings. The highest BCUT2D eigenvalue weighted by Gasteiger charge is 2.17. The summed E-state index contributed by atoms with van der Waals surface area (Å²) in [6.07, 6.45) is 3.80. The summed E-state index contributed by atoms with van der Waals surface area (Å²) >= 11 is 0. The van der Waals surface area contributed by atoms with Gasteiger partial charge in [-0.3, -0.25) is 4.79 Å². The Labute approximate surface area is 119 Å². The number of rotatable bonds is 5. The van der Waals surface area contributed by atoms with Crippen molar-refractivity contribution in [2.75, 3.05) is 0 Å². The number of hydrogen-bond acceptors (Lipinski definition) is 3. The first kappa shape index (κ1) is 14.2. The summed E-state index contributed by atoms with van der Waals surface area (Å²) in [5, 5.41) is 7.00. The highest BCUT2D eigenvalue weighted by Crippen LogP contribution is 2.10. The van der Waals surface area contributed by atoms with Crippen LogP contribution < -0.4 is 5.32 Å². The van der Waals surface area contributed by atoms with Crippen LogP contribution in [0.4, 0.5) is 0 Å². The van der Waals surface area contributed by atoms with Gasteiger partial charge in [0.25, 0.3) is 0 Å². The third-order valence-corrected chi connectivity index (χ3v) is 3.39. The van der Waals surface area contributed by atoms with Crippen molar-refractivity contribution in [3.8, 4) is 0 Å². The van der Waals surface area contributed by atoms with E-state index in [2.05, 4.69) is 34.5 Å². The monoisotopic (exact) mass is 272 g/mol. The average Bonchev–Trinajstić information content (AvgIpc) is 2.94. The smallest absolute Gasteiger partial charge is 0.244 e.